The molecule has 0 atom stereocenters. The molecule has 0 aliphatic carbocycles. The van der Waals surface area contributed by atoms with E-state index >= 15 is 0 Å². The molecule has 0 saturated heterocycles. The van der Waals surface area contributed by atoms with Crippen molar-refractivity contribution in [1.82, 2.24) is 9.38 Å². The number of aromatic nitrogens is 2. The van der Waals surface area contributed by atoms with Gasteiger partial charge in [-0.05, 0) is 6.07 Å². The van der Waals surface area contributed by atoms with Crippen molar-refractivity contribution in [2.75, 3.05) is 0 Å². The van der Waals surface area contributed by atoms with Crippen molar-refractivity contribution < 1.29 is 13.2 Å². The lowest BCUT2D eigenvalue weighted by Crippen LogP contribution is -2.19. The fraction of sp³-hybridized carbons (Fsp3) is 0.111. The topological polar surface area (TPSA) is 34.4 Å². The average Bonchev–Trinajstić information content (AvgIpc) is 2.15. The Balaban J connectivity index is 2.80. The highest BCUT2D eigenvalue weighted by molar-refractivity contribution is 6.30. The van der Waals surface area contributed by atoms with Crippen molar-refractivity contribution in [3.05, 3.63) is 45.5 Å². The van der Waals surface area contributed by atoms with E-state index in [1.165, 1.54) is 18.3 Å². The Bertz CT molecular complexity index is 606. The smallest absolute Gasteiger partial charge is 0.269 e. The second-order valence-electron chi connectivity index (χ2n) is 3.05. The van der Waals surface area contributed by atoms with E-state index in [1.807, 2.05) is 0 Å². The van der Waals surface area contributed by atoms with Gasteiger partial charge in [0.25, 0.3) is 5.56 Å². The Kier molecular flexibility index (Phi) is 2.38. The molecule has 0 amide bonds. The molecule has 0 unspecified atom stereocenters. The molecule has 0 saturated carbocycles. The van der Waals surface area contributed by atoms with Crippen LogP contribution in [0.1, 0.15) is 5.69 Å². The van der Waals surface area contributed by atoms with Crippen molar-refractivity contribution in [3.63, 3.8) is 0 Å². The summed E-state index contributed by atoms with van der Waals surface area (Å²) < 4.78 is 38.0. The fourth-order valence-electron chi connectivity index (χ4n) is 1.22. The molecule has 0 radical (unpaired) electrons. The largest absolute Gasteiger partial charge is 0.433 e. The van der Waals surface area contributed by atoms with E-state index in [0.29, 0.717) is 6.07 Å². The van der Waals surface area contributed by atoms with Crippen LogP contribution in [0.25, 0.3) is 5.65 Å². The maximum absolute atomic E-state index is 12.4. The molecule has 0 N–H and O–H groups in total. The van der Waals surface area contributed by atoms with Crippen molar-refractivity contribution in [2.45, 2.75) is 6.18 Å². The first-order valence-electron chi connectivity index (χ1n) is 4.14. The van der Waals surface area contributed by atoms with Crippen molar-refractivity contribution in [2.24, 2.45) is 0 Å². The lowest BCUT2D eigenvalue weighted by Gasteiger charge is -2.06. The Labute approximate surface area is 92.1 Å². The van der Waals surface area contributed by atoms with Gasteiger partial charge in [-0.15, -0.1) is 0 Å². The van der Waals surface area contributed by atoms with Gasteiger partial charge in [0.2, 0.25) is 0 Å². The predicted molar refractivity (Wildman–Crippen MR) is 51.5 cm³/mol. The van der Waals surface area contributed by atoms with Gasteiger partial charge in [-0.1, -0.05) is 11.6 Å². The number of fused-ring (bicyclic) bond motifs is 1. The van der Waals surface area contributed by atoms with Crippen LogP contribution in [0.5, 0.6) is 0 Å². The predicted octanol–water partition coefficient (Wildman–Crippen LogP) is 2.37. The summed E-state index contributed by atoms with van der Waals surface area (Å²) in [5.41, 5.74) is -2.15. The molecule has 2 heterocycles. The normalized spacial score (nSPS) is 12.0. The second kappa shape index (κ2) is 3.48. The highest BCUT2D eigenvalue weighted by atomic mass is 35.5. The van der Waals surface area contributed by atoms with Crippen LogP contribution in [-0.4, -0.2) is 9.38 Å². The van der Waals surface area contributed by atoms with Gasteiger partial charge >= 0.3 is 6.18 Å². The van der Waals surface area contributed by atoms with Crippen LogP contribution in [0.4, 0.5) is 13.2 Å². The van der Waals surface area contributed by atoms with E-state index < -0.39 is 17.4 Å². The Hall–Kier alpha value is -1.56. The molecule has 2 aromatic heterocycles. The minimum absolute atomic E-state index is 0.132. The number of hydrogen-bond donors (Lipinski definition) is 0. The molecule has 0 spiro atoms. The third-order valence-corrected chi connectivity index (χ3v) is 2.15. The Morgan fingerprint density at radius 1 is 1.31 bits per heavy atom. The summed E-state index contributed by atoms with van der Waals surface area (Å²) >= 11 is 5.60. The van der Waals surface area contributed by atoms with E-state index in [0.717, 1.165) is 4.40 Å². The van der Waals surface area contributed by atoms with Crippen LogP contribution in [0.15, 0.2) is 29.2 Å². The van der Waals surface area contributed by atoms with Gasteiger partial charge in [0.1, 0.15) is 5.65 Å². The first-order chi connectivity index (χ1) is 7.38. The summed E-state index contributed by atoms with van der Waals surface area (Å²) in [7, 11) is 0. The van der Waals surface area contributed by atoms with Gasteiger partial charge in [-0.3, -0.25) is 9.20 Å². The summed E-state index contributed by atoms with van der Waals surface area (Å²) in [5.74, 6) is 0. The van der Waals surface area contributed by atoms with Gasteiger partial charge in [-0.25, -0.2) is 4.98 Å². The minimum atomic E-state index is -4.64. The summed E-state index contributed by atoms with van der Waals surface area (Å²) in [6.45, 7) is 0. The highest BCUT2D eigenvalue weighted by Crippen LogP contribution is 2.26. The van der Waals surface area contributed by atoms with Crippen LogP contribution in [0.2, 0.25) is 5.02 Å². The molecule has 7 heteroatoms. The standard InChI is InChI=1S/C9H4ClF3N2O/c10-5-1-2-15-7(3-5)14-6(4-8(15)16)9(11,12)13/h1-4H. The minimum Gasteiger partial charge on any atom is -0.269 e. The third-order valence-electron chi connectivity index (χ3n) is 1.92. The molecular weight excluding hydrogens is 245 g/mol. The number of halogens is 4. The molecule has 0 aliphatic rings. The molecule has 0 fully saturated rings. The summed E-state index contributed by atoms with van der Waals surface area (Å²) in [6, 6.07) is 3.03. The molecule has 0 aliphatic heterocycles. The molecule has 16 heavy (non-hydrogen) atoms. The van der Waals surface area contributed by atoms with Gasteiger partial charge in [0.15, 0.2) is 5.69 Å². The van der Waals surface area contributed by atoms with Crippen LogP contribution in [-0.2, 0) is 6.18 Å². The van der Waals surface area contributed by atoms with Gasteiger partial charge in [-0.2, -0.15) is 13.2 Å². The van der Waals surface area contributed by atoms with Crippen molar-refractivity contribution in [1.29, 1.82) is 0 Å². The Morgan fingerprint density at radius 3 is 2.62 bits per heavy atom. The molecule has 3 nitrogen and oxygen atoms in total. The number of rotatable bonds is 0. The zero-order valence-corrected chi connectivity index (χ0v) is 8.38. The van der Waals surface area contributed by atoms with Crippen LogP contribution < -0.4 is 5.56 Å². The van der Waals surface area contributed by atoms with Crippen LogP contribution >= 0.6 is 11.6 Å². The summed E-state index contributed by atoms with van der Waals surface area (Å²) in [6.07, 6.45) is -3.37. The lowest BCUT2D eigenvalue weighted by molar-refractivity contribution is -0.141. The zero-order chi connectivity index (χ0) is 11.9. The van der Waals surface area contributed by atoms with E-state index in [1.54, 1.807) is 0 Å². The van der Waals surface area contributed by atoms with Gasteiger partial charge < -0.3 is 0 Å². The van der Waals surface area contributed by atoms with Crippen molar-refractivity contribution in [3.8, 4) is 0 Å². The summed E-state index contributed by atoms with van der Waals surface area (Å²) in [4.78, 5) is 14.7. The molecule has 0 bridgehead atoms. The zero-order valence-electron chi connectivity index (χ0n) is 7.62. The van der Waals surface area contributed by atoms with Crippen LogP contribution in [0, 0.1) is 0 Å². The number of hydrogen-bond acceptors (Lipinski definition) is 2. The first kappa shape index (κ1) is 10.9. The maximum Gasteiger partial charge on any atom is 0.433 e. The quantitative estimate of drug-likeness (QED) is 0.717. The van der Waals surface area contributed by atoms with Gasteiger partial charge in [0.05, 0.1) is 0 Å². The molecular formula is C9H4ClF3N2O. The summed E-state index contributed by atoms with van der Waals surface area (Å²) in [5, 5.41) is 0.214. The number of alkyl halides is 3. The molecule has 2 aromatic rings. The monoisotopic (exact) mass is 248 g/mol. The number of nitrogens with zero attached hydrogens (tertiary/aromatic N) is 2. The average molecular weight is 249 g/mol. The molecule has 84 valence electrons. The van der Waals surface area contributed by atoms with E-state index in [9.17, 15) is 18.0 Å². The number of pyridine rings is 1. The second-order valence-corrected chi connectivity index (χ2v) is 3.49. The fourth-order valence-corrected chi connectivity index (χ4v) is 1.38. The van der Waals surface area contributed by atoms with Crippen molar-refractivity contribution >= 4 is 17.2 Å². The molecule has 0 aromatic carbocycles. The lowest BCUT2D eigenvalue weighted by atomic mass is 10.3. The highest BCUT2D eigenvalue weighted by Gasteiger charge is 2.33. The van der Waals surface area contributed by atoms with E-state index in [-0.39, 0.29) is 10.7 Å². The van der Waals surface area contributed by atoms with Crippen LogP contribution in [0.3, 0.4) is 0 Å². The first-order valence-corrected chi connectivity index (χ1v) is 4.52. The van der Waals surface area contributed by atoms with E-state index in [2.05, 4.69) is 4.98 Å². The maximum atomic E-state index is 12.4. The molecule has 2 rings (SSSR count). The third kappa shape index (κ3) is 1.88. The van der Waals surface area contributed by atoms with E-state index in [4.69, 9.17) is 11.6 Å². The SMILES string of the molecule is O=c1cc(C(F)(F)F)nc2cc(Cl)ccn12. The Morgan fingerprint density at radius 2 is 2.00 bits per heavy atom. The van der Waals surface area contributed by atoms with Gasteiger partial charge in [0, 0.05) is 23.4 Å².